The van der Waals surface area contributed by atoms with Crippen molar-refractivity contribution in [1.29, 1.82) is 5.26 Å². The molecule has 0 fully saturated rings. The fraction of sp³-hybridized carbons (Fsp3) is 0.143. The standard InChI is InChI=1S/C14H9ClN2O3/c1-7-2-9(10(5-16)14(18)17-7)8-3-11(15)13-12(4-8)19-6-20-13/h2-4H,6H2,1H3,(H,17,18). The molecule has 3 rings (SSSR count). The van der Waals surface area contributed by atoms with Crippen LogP contribution in [0.25, 0.3) is 11.1 Å². The fourth-order valence-electron chi connectivity index (χ4n) is 2.15. The Morgan fingerprint density at radius 1 is 1.35 bits per heavy atom. The van der Waals surface area contributed by atoms with Gasteiger partial charge in [0.2, 0.25) is 6.79 Å². The van der Waals surface area contributed by atoms with Crippen LogP contribution in [-0.4, -0.2) is 11.8 Å². The summed E-state index contributed by atoms with van der Waals surface area (Å²) in [6.45, 7) is 1.86. The van der Waals surface area contributed by atoms with Crippen molar-refractivity contribution in [3.63, 3.8) is 0 Å². The van der Waals surface area contributed by atoms with E-state index in [1.54, 1.807) is 25.1 Å². The summed E-state index contributed by atoms with van der Waals surface area (Å²) in [4.78, 5) is 14.4. The minimum absolute atomic E-state index is 0.0468. The minimum Gasteiger partial charge on any atom is -0.454 e. The highest BCUT2D eigenvalue weighted by molar-refractivity contribution is 6.32. The normalized spacial score (nSPS) is 12.2. The average Bonchev–Trinajstić information content (AvgIpc) is 2.86. The smallest absolute Gasteiger partial charge is 0.266 e. The Balaban J connectivity index is 2.27. The van der Waals surface area contributed by atoms with Gasteiger partial charge in [0.25, 0.3) is 5.56 Å². The average molecular weight is 289 g/mol. The second kappa shape index (κ2) is 4.58. The molecule has 0 bridgehead atoms. The van der Waals surface area contributed by atoms with Gasteiger partial charge in [0.1, 0.15) is 11.6 Å². The van der Waals surface area contributed by atoms with E-state index in [0.29, 0.717) is 33.3 Å². The van der Waals surface area contributed by atoms with Crippen LogP contribution in [0, 0.1) is 18.3 Å². The van der Waals surface area contributed by atoms with Gasteiger partial charge in [0.05, 0.1) is 5.02 Å². The molecule has 6 heteroatoms. The molecule has 0 unspecified atom stereocenters. The zero-order chi connectivity index (χ0) is 14.3. The van der Waals surface area contributed by atoms with Crippen LogP contribution in [0.3, 0.4) is 0 Å². The minimum atomic E-state index is -0.420. The molecular formula is C14H9ClN2O3. The molecule has 0 aliphatic carbocycles. The maximum atomic E-state index is 11.8. The largest absolute Gasteiger partial charge is 0.454 e. The highest BCUT2D eigenvalue weighted by Crippen LogP contribution is 2.42. The van der Waals surface area contributed by atoms with Crippen LogP contribution in [-0.2, 0) is 0 Å². The van der Waals surface area contributed by atoms with Crippen LogP contribution in [0.5, 0.6) is 11.5 Å². The lowest BCUT2D eigenvalue weighted by molar-refractivity contribution is 0.174. The molecule has 2 heterocycles. The Hall–Kier alpha value is -2.45. The first-order valence-corrected chi connectivity index (χ1v) is 6.21. The number of H-pyrrole nitrogens is 1. The second-order valence-corrected chi connectivity index (χ2v) is 4.78. The van der Waals surface area contributed by atoms with Gasteiger partial charge in [0.15, 0.2) is 11.5 Å². The van der Waals surface area contributed by atoms with Crippen molar-refractivity contribution in [3.05, 3.63) is 44.8 Å². The molecule has 1 aliphatic rings. The number of hydrogen-bond acceptors (Lipinski definition) is 4. The van der Waals surface area contributed by atoms with Crippen LogP contribution in [0.4, 0.5) is 0 Å². The molecule has 1 aliphatic heterocycles. The molecule has 0 saturated heterocycles. The van der Waals surface area contributed by atoms with E-state index in [4.69, 9.17) is 26.3 Å². The van der Waals surface area contributed by atoms with Gasteiger partial charge < -0.3 is 14.5 Å². The number of nitriles is 1. The Morgan fingerprint density at radius 3 is 2.90 bits per heavy atom. The molecule has 5 nitrogen and oxygen atoms in total. The summed E-state index contributed by atoms with van der Waals surface area (Å²) in [5.41, 5.74) is 1.46. The molecule has 1 N–H and O–H groups in total. The van der Waals surface area contributed by atoms with Crippen molar-refractivity contribution in [2.45, 2.75) is 6.92 Å². The van der Waals surface area contributed by atoms with Crippen LogP contribution in [0.1, 0.15) is 11.3 Å². The number of fused-ring (bicyclic) bond motifs is 1. The van der Waals surface area contributed by atoms with Crippen LogP contribution >= 0.6 is 11.6 Å². The monoisotopic (exact) mass is 288 g/mol. The maximum Gasteiger partial charge on any atom is 0.266 e. The van der Waals surface area contributed by atoms with Crippen molar-refractivity contribution >= 4 is 11.6 Å². The van der Waals surface area contributed by atoms with E-state index < -0.39 is 5.56 Å². The molecule has 0 saturated carbocycles. The van der Waals surface area contributed by atoms with E-state index in [0.717, 1.165) is 0 Å². The lowest BCUT2D eigenvalue weighted by Gasteiger charge is -2.07. The van der Waals surface area contributed by atoms with E-state index in [9.17, 15) is 4.79 Å². The molecule has 0 atom stereocenters. The number of benzene rings is 1. The summed E-state index contributed by atoms with van der Waals surface area (Å²) in [7, 11) is 0. The highest BCUT2D eigenvalue weighted by atomic mass is 35.5. The van der Waals surface area contributed by atoms with Gasteiger partial charge in [-0.3, -0.25) is 4.79 Å². The molecule has 1 aromatic heterocycles. The van der Waals surface area contributed by atoms with Gasteiger partial charge in [0, 0.05) is 11.3 Å². The highest BCUT2D eigenvalue weighted by Gasteiger charge is 2.20. The first-order valence-electron chi connectivity index (χ1n) is 5.83. The van der Waals surface area contributed by atoms with Crippen LogP contribution < -0.4 is 15.0 Å². The zero-order valence-electron chi connectivity index (χ0n) is 10.5. The summed E-state index contributed by atoms with van der Waals surface area (Å²) in [6.07, 6.45) is 0. The number of ether oxygens (including phenoxy) is 2. The van der Waals surface area contributed by atoms with E-state index in [2.05, 4.69) is 4.98 Å². The summed E-state index contributed by atoms with van der Waals surface area (Å²) in [6, 6.07) is 7.02. The summed E-state index contributed by atoms with van der Waals surface area (Å²) < 4.78 is 10.5. The third-order valence-electron chi connectivity index (χ3n) is 3.02. The lowest BCUT2D eigenvalue weighted by atomic mass is 10.0. The fourth-order valence-corrected chi connectivity index (χ4v) is 2.42. The zero-order valence-corrected chi connectivity index (χ0v) is 11.2. The maximum absolute atomic E-state index is 11.8. The predicted octanol–water partition coefficient (Wildman–Crippen LogP) is 2.60. The van der Waals surface area contributed by atoms with Crippen molar-refractivity contribution in [2.24, 2.45) is 0 Å². The van der Waals surface area contributed by atoms with Gasteiger partial charge in [-0.2, -0.15) is 5.26 Å². The summed E-state index contributed by atoms with van der Waals surface area (Å²) in [5, 5.41) is 9.54. The third kappa shape index (κ3) is 1.91. The van der Waals surface area contributed by atoms with Gasteiger partial charge >= 0.3 is 0 Å². The Kier molecular flexibility index (Phi) is 2.88. The summed E-state index contributed by atoms with van der Waals surface area (Å²) in [5.74, 6) is 0.991. The van der Waals surface area contributed by atoms with E-state index in [-0.39, 0.29) is 12.4 Å². The molecule has 0 radical (unpaired) electrons. The number of aromatic nitrogens is 1. The number of halogens is 1. The van der Waals surface area contributed by atoms with Gasteiger partial charge in [-0.15, -0.1) is 0 Å². The lowest BCUT2D eigenvalue weighted by Crippen LogP contribution is -2.12. The molecule has 0 spiro atoms. The molecule has 20 heavy (non-hydrogen) atoms. The molecular weight excluding hydrogens is 280 g/mol. The Morgan fingerprint density at radius 2 is 2.15 bits per heavy atom. The van der Waals surface area contributed by atoms with Gasteiger partial charge in [-0.25, -0.2) is 0 Å². The Labute approximate surface area is 119 Å². The molecule has 1 aromatic carbocycles. The van der Waals surface area contributed by atoms with Crippen molar-refractivity contribution < 1.29 is 9.47 Å². The molecule has 100 valence electrons. The van der Waals surface area contributed by atoms with Gasteiger partial charge in [-0.05, 0) is 30.7 Å². The second-order valence-electron chi connectivity index (χ2n) is 4.37. The van der Waals surface area contributed by atoms with Gasteiger partial charge in [-0.1, -0.05) is 11.6 Å². The van der Waals surface area contributed by atoms with Crippen molar-refractivity contribution in [1.82, 2.24) is 4.98 Å². The number of rotatable bonds is 1. The van der Waals surface area contributed by atoms with Crippen LogP contribution in [0.15, 0.2) is 23.0 Å². The molecule has 0 amide bonds. The number of aryl methyl sites for hydroxylation is 1. The molecule has 2 aromatic rings. The van der Waals surface area contributed by atoms with E-state index in [1.807, 2.05) is 6.07 Å². The number of pyridine rings is 1. The number of aromatic amines is 1. The third-order valence-corrected chi connectivity index (χ3v) is 3.30. The van der Waals surface area contributed by atoms with Crippen LogP contribution in [0.2, 0.25) is 5.02 Å². The quantitative estimate of drug-likeness (QED) is 0.875. The topological polar surface area (TPSA) is 75.1 Å². The first-order chi connectivity index (χ1) is 9.60. The number of nitrogens with zero attached hydrogens (tertiary/aromatic N) is 1. The van der Waals surface area contributed by atoms with E-state index >= 15 is 0 Å². The Bertz CT molecular complexity index is 805. The number of nitrogens with one attached hydrogen (secondary N) is 1. The SMILES string of the molecule is Cc1cc(-c2cc(Cl)c3c(c2)OCO3)c(C#N)c(=O)[nH]1. The number of hydrogen-bond donors (Lipinski definition) is 1. The first kappa shape index (κ1) is 12.6. The van der Waals surface area contributed by atoms with Crippen molar-refractivity contribution in [3.8, 4) is 28.7 Å². The van der Waals surface area contributed by atoms with Crippen molar-refractivity contribution in [2.75, 3.05) is 6.79 Å². The predicted molar refractivity (Wildman–Crippen MR) is 73.1 cm³/mol. The summed E-state index contributed by atoms with van der Waals surface area (Å²) >= 11 is 6.13. The van der Waals surface area contributed by atoms with E-state index in [1.165, 1.54) is 0 Å².